The van der Waals surface area contributed by atoms with E-state index in [9.17, 15) is 0 Å². The molecule has 22 heavy (non-hydrogen) atoms. The van der Waals surface area contributed by atoms with E-state index in [-0.39, 0.29) is 0 Å². The van der Waals surface area contributed by atoms with E-state index in [4.69, 9.17) is 4.74 Å². The molecule has 1 aliphatic heterocycles. The molecule has 2 aromatic rings. The van der Waals surface area contributed by atoms with Crippen LogP contribution in [0.5, 0.6) is 5.75 Å². The third-order valence-corrected chi connectivity index (χ3v) is 5.42. The molecule has 0 amide bonds. The van der Waals surface area contributed by atoms with Crippen LogP contribution in [0.15, 0.2) is 40.2 Å². The lowest BCUT2D eigenvalue weighted by Crippen LogP contribution is -2.45. The summed E-state index contributed by atoms with van der Waals surface area (Å²) in [6.45, 7) is 6.53. The molecule has 3 rings (SSSR count). The van der Waals surface area contributed by atoms with Gasteiger partial charge in [0.05, 0.1) is 7.11 Å². The second kappa shape index (κ2) is 7.59. The van der Waals surface area contributed by atoms with Gasteiger partial charge in [0.2, 0.25) is 0 Å². The maximum Gasteiger partial charge on any atom is 0.123 e. The lowest BCUT2D eigenvalue weighted by molar-refractivity contribution is 0.122. The second-order valence-electron chi connectivity index (χ2n) is 5.59. The number of ether oxygens (including phenoxy) is 1. The van der Waals surface area contributed by atoms with Gasteiger partial charge in [0.25, 0.3) is 0 Å². The van der Waals surface area contributed by atoms with Crippen molar-refractivity contribution in [2.45, 2.75) is 13.1 Å². The Balaban J connectivity index is 1.54. The smallest absolute Gasteiger partial charge is 0.123 e. The van der Waals surface area contributed by atoms with Gasteiger partial charge in [0, 0.05) is 54.2 Å². The average Bonchev–Trinajstić information content (AvgIpc) is 3.02. The molecule has 0 N–H and O–H groups in total. The minimum absolute atomic E-state index is 0.954. The van der Waals surface area contributed by atoms with Gasteiger partial charge in [-0.25, -0.2) is 0 Å². The van der Waals surface area contributed by atoms with E-state index in [0.717, 1.165) is 49.5 Å². The molecular weight excluding hydrogens is 360 g/mol. The van der Waals surface area contributed by atoms with Crippen LogP contribution in [-0.2, 0) is 13.1 Å². The zero-order chi connectivity index (χ0) is 15.4. The largest absolute Gasteiger partial charge is 0.496 e. The standard InChI is InChI=1S/C17H21BrN2OS/c1-21-17-5-4-15(18)11-14(17)12-19-6-8-20(9-7-19)13-16-3-2-10-22-16/h2-5,10-11H,6-9,12-13H2,1H3. The fraction of sp³-hybridized carbons (Fsp3) is 0.412. The molecular formula is C17H21BrN2OS. The summed E-state index contributed by atoms with van der Waals surface area (Å²) in [6.07, 6.45) is 0. The van der Waals surface area contributed by atoms with Gasteiger partial charge in [-0.1, -0.05) is 22.0 Å². The van der Waals surface area contributed by atoms with Crippen molar-refractivity contribution in [3.63, 3.8) is 0 Å². The molecule has 1 aliphatic rings. The Bertz CT molecular complexity index is 595. The summed E-state index contributed by atoms with van der Waals surface area (Å²) in [4.78, 5) is 6.51. The molecule has 0 radical (unpaired) electrons. The monoisotopic (exact) mass is 380 g/mol. The van der Waals surface area contributed by atoms with Gasteiger partial charge in [-0.15, -0.1) is 11.3 Å². The summed E-state index contributed by atoms with van der Waals surface area (Å²) in [5.41, 5.74) is 1.25. The second-order valence-corrected chi connectivity index (χ2v) is 7.54. The Morgan fingerprint density at radius 1 is 1.09 bits per heavy atom. The maximum absolute atomic E-state index is 5.48. The molecule has 0 atom stereocenters. The summed E-state index contributed by atoms with van der Waals surface area (Å²) in [6, 6.07) is 10.6. The first kappa shape index (κ1) is 16.0. The molecule has 1 fully saturated rings. The average molecular weight is 381 g/mol. The number of hydrogen-bond donors (Lipinski definition) is 0. The van der Waals surface area contributed by atoms with Crippen LogP contribution < -0.4 is 4.74 Å². The zero-order valence-corrected chi connectivity index (χ0v) is 15.2. The van der Waals surface area contributed by atoms with Crippen LogP contribution in [0.2, 0.25) is 0 Å². The van der Waals surface area contributed by atoms with Crippen molar-refractivity contribution < 1.29 is 4.74 Å². The van der Waals surface area contributed by atoms with Crippen molar-refractivity contribution in [3.8, 4) is 5.75 Å². The number of halogens is 1. The van der Waals surface area contributed by atoms with E-state index in [2.05, 4.69) is 49.3 Å². The predicted molar refractivity (Wildman–Crippen MR) is 95.6 cm³/mol. The predicted octanol–water partition coefficient (Wildman–Crippen LogP) is 3.84. The summed E-state index contributed by atoms with van der Waals surface area (Å²) >= 11 is 5.40. The quantitative estimate of drug-likeness (QED) is 0.783. The van der Waals surface area contributed by atoms with E-state index in [1.165, 1.54) is 10.4 Å². The molecule has 3 nitrogen and oxygen atoms in total. The summed E-state index contributed by atoms with van der Waals surface area (Å²) < 4.78 is 6.59. The number of benzene rings is 1. The van der Waals surface area contributed by atoms with Gasteiger partial charge in [0.15, 0.2) is 0 Å². The first-order chi connectivity index (χ1) is 10.7. The molecule has 1 aromatic heterocycles. The molecule has 0 saturated carbocycles. The number of methoxy groups -OCH3 is 1. The van der Waals surface area contributed by atoms with Crippen LogP contribution in [0, 0.1) is 0 Å². The Morgan fingerprint density at radius 3 is 2.45 bits per heavy atom. The molecule has 0 aliphatic carbocycles. The highest BCUT2D eigenvalue weighted by atomic mass is 79.9. The van der Waals surface area contributed by atoms with E-state index in [1.54, 1.807) is 7.11 Å². The molecule has 0 unspecified atom stereocenters. The van der Waals surface area contributed by atoms with Gasteiger partial charge in [0.1, 0.15) is 5.75 Å². The van der Waals surface area contributed by atoms with E-state index < -0.39 is 0 Å². The molecule has 118 valence electrons. The van der Waals surface area contributed by atoms with Crippen molar-refractivity contribution >= 4 is 27.3 Å². The van der Waals surface area contributed by atoms with Gasteiger partial charge in [-0.05, 0) is 29.6 Å². The van der Waals surface area contributed by atoms with Gasteiger partial charge in [-0.3, -0.25) is 9.80 Å². The number of piperazine rings is 1. The van der Waals surface area contributed by atoms with Crippen LogP contribution in [0.25, 0.3) is 0 Å². The number of hydrogen-bond acceptors (Lipinski definition) is 4. The summed E-state index contributed by atoms with van der Waals surface area (Å²) in [7, 11) is 1.74. The first-order valence-corrected chi connectivity index (χ1v) is 9.21. The fourth-order valence-corrected chi connectivity index (χ4v) is 3.99. The Kier molecular flexibility index (Phi) is 5.52. The molecule has 2 heterocycles. The van der Waals surface area contributed by atoms with Crippen molar-refractivity contribution in [1.29, 1.82) is 0 Å². The van der Waals surface area contributed by atoms with E-state index >= 15 is 0 Å². The summed E-state index contributed by atoms with van der Waals surface area (Å²) in [5.74, 6) is 0.976. The first-order valence-electron chi connectivity index (χ1n) is 7.54. The minimum atomic E-state index is 0.954. The molecule has 1 aromatic carbocycles. The highest BCUT2D eigenvalue weighted by Crippen LogP contribution is 2.25. The number of nitrogens with zero attached hydrogens (tertiary/aromatic N) is 2. The van der Waals surface area contributed by atoms with Crippen molar-refractivity contribution in [2.75, 3.05) is 33.3 Å². The third-order valence-electron chi connectivity index (χ3n) is 4.06. The van der Waals surface area contributed by atoms with Crippen LogP contribution in [0.4, 0.5) is 0 Å². The minimum Gasteiger partial charge on any atom is -0.496 e. The van der Waals surface area contributed by atoms with Gasteiger partial charge < -0.3 is 4.74 Å². The molecule has 0 bridgehead atoms. The van der Waals surface area contributed by atoms with Crippen LogP contribution in [0.1, 0.15) is 10.4 Å². The number of rotatable bonds is 5. The highest BCUT2D eigenvalue weighted by Gasteiger charge is 2.18. The molecule has 0 spiro atoms. The van der Waals surface area contributed by atoms with Crippen LogP contribution in [-0.4, -0.2) is 43.1 Å². The highest BCUT2D eigenvalue weighted by molar-refractivity contribution is 9.10. The molecule has 1 saturated heterocycles. The van der Waals surface area contributed by atoms with E-state index in [1.807, 2.05) is 23.5 Å². The van der Waals surface area contributed by atoms with E-state index in [0.29, 0.717) is 0 Å². The molecule has 5 heteroatoms. The lowest BCUT2D eigenvalue weighted by Gasteiger charge is -2.34. The Hall–Kier alpha value is -0.880. The zero-order valence-electron chi connectivity index (χ0n) is 12.8. The Morgan fingerprint density at radius 2 is 1.82 bits per heavy atom. The SMILES string of the molecule is COc1ccc(Br)cc1CN1CCN(Cc2cccs2)CC1. The van der Waals surface area contributed by atoms with Gasteiger partial charge >= 0.3 is 0 Å². The van der Waals surface area contributed by atoms with Crippen molar-refractivity contribution in [3.05, 3.63) is 50.6 Å². The third kappa shape index (κ3) is 4.10. The number of thiophene rings is 1. The normalized spacial score (nSPS) is 16.8. The lowest BCUT2D eigenvalue weighted by atomic mass is 10.1. The van der Waals surface area contributed by atoms with Crippen LogP contribution in [0.3, 0.4) is 0 Å². The van der Waals surface area contributed by atoms with Crippen molar-refractivity contribution in [2.24, 2.45) is 0 Å². The fourth-order valence-electron chi connectivity index (χ4n) is 2.84. The van der Waals surface area contributed by atoms with Crippen molar-refractivity contribution in [1.82, 2.24) is 9.80 Å². The van der Waals surface area contributed by atoms with Crippen LogP contribution >= 0.6 is 27.3 Å². The summed E-state index contributed by atoms with van der Waals surface area (Å²) in [5, 5.41) is 2.16. The maximum atomic E-state index is 5.48. The topological polar surface area (TPSA) is 15.7 Å². The Labute approximate surface area is 144 Å². The van der Waals surface area contributed by atoms with Gasteiger partial charge in [-0.2, -0.15) is 0 Å².